The van der Waals surface area contributed by atoms with Gasteiger partial charge in [-0.05, 0) is 30.5 Å². The molecule has 1 fully saturated rings. The van der Waals surface area contributed by atoms with Gasteiger partial charge in [-0.3, -0.25) is 4.79 Å². The van der Waals surface area contributed by atoms with Gasteiger partial charge in [-0.15, -0.1) is 12.4 Å². The van der Waals surface area contributed by atoms with Crippen molar-refractivity contribution in [2.45, 2.75) is 31.7 Å². The standard InChI is InChI=1S/C16H22N2O3.ClH/c17-13-6-7-18(11-13)16(19)5-3-12-2-4-14-15(10-12)21-9-1-8-20-14;/h2,4,10,13H,1,3,5-9,11,17H2;1H/t13-;/m0./s1. The van der Waals surface area contributed by atoms with Gasteiger partial charge in [-0.1, -0.05) is 6.07 Å². The van der Waals surface area contributed by atoms with Crippen LogP contribution in [-0.2, 0) is 11.2 Å². The molecule has 2 heterocycles. The Morgan fingerprint density at radius 2 is 2.05 bits per heavy atom. The fraction of sp³-hybridized carbons (Fsp3) is 0.562. The molecule has 0 radical (unpaired) electrons. The highest BCUT2D eigenvalue weighted by Crippen LogP contribution is 2.30. The fourth-order valence-electron chi connectivity index (χ4n) is 2.79. The van der Waals surface area contributed by atoms with Crippen LogP contribution >= 0.6 is 12.4 Å². The summed E-state index contributed by atoms with van der Waals surface area (Å²) in [6, 6.07) is 6.08. The van der Waals surface area contributed by atoms with E-state index in [1.165, 1.54) is 0 Å². The van der Waals surface area contributed by atoms with Crippen LogP contribution < -0.4 is 15.2 Å². The van der Waals surface area contributed by atoms with E-state index in [0.717, 1.165) is 42.9 Å². The molecule has 0 saturated carbocycles. The minimum atomic E-state index is 0. The molecule has 1 amide bonds. The molecular weight excluding hydrogens is 304 g/mol. The summed E-state index contributed by atoms with van der Waals surface area (Å²) in [6.07, 6.45) is 3.06. The first kappa shape index (κ1) is 16.9. The van der Waals surface area contributed by atoms with Crippen LogP contribution in [0.25, 0.3) is 0 Å². The minimum absolute atomic E-state index is 0. The van der Waals surface area contributed by atoms with Gasteiger partial charge >= 0.3 is 0 Å². The number of nitrogens with two attached hydrogens (primary N) is 1. The lowest BCUT2D eigenvalue weighted by Crippen LogP contribution is -2.31. The molecule has 1 saturated heterocycles. The summed E-state index contributed by atoms with van der Waals surface area (Å²) in [7, 11) is 0. The van der Waals surface area contributed by atoms with E-state index in [4.69, 9.17) is 15.2 Å². The molecule has 3 rings (SSSR count). The maximum absolute atomic E-state index is 12.1. The maximum atomic E-state index is 12.1. The van der Waals surface area contributed by atoms with Crippen LogP contribution in [0.1, 0.15) is 24.8 Å². The Labute approximate surface area is 137 Å². The predicted octanol–water partition coefficient (Wildman–Crippen LogP) is 1.76. The van der Waals surface area contributed by atoms with E-state index in [0.29, 0.717) is 26.2 Å². The lowest BCUT2D eigenvalue weighted by molar-refractivity contribution is -0.130. The quantitative estimate of drug-likeness (QED) is 0.919. The number of amides is 1. The van der Waals surface area contributed by atoms with Gasteiger partial charge in [0, 0.05) is 32.0 Å². The molecule has 0 aliphatic carbocycles. The summed E-state index contributed by atoms with van der Waals surface area (Å²) in [6.45, 7) is 2.86. The number of benzene rings is 1. The normalized spacial score (nSPS) is 20.2. The Morgan fingerprint density at radius 3 is 2.77 bits per heavy atom. The number of halogens is 1. The summed E-state index contributed by atoms with van der Waals surface area (Å²) in [5.41, 5.74) is 6.94. The van der Waals surface area contributed by atoms with Gasteiger partial charge < -0.3 is 20.1 Å². The van der Waals surface area contributed by atoms with Crippen LogP contribution in [0.3, 0.4) is 0 Å². The Hall–Kier alpha value is -1.46. The molecule has 0 spiro atoms. The van der Waals surface area contributed by atoms with E-state index < -0.39 is 0 Å². The van der Waals surface area contributed by atoms with E-state index in [-0.39, 0.29) is 24.4 Å². The summed E-state index contributed by atoms with van der Waals surface area (Å²) < 4.78 is 11.3. The van der Waals surface area contributed by atoms with Gasteiger partial charge in [0.05, 0.1) is 13.2 Å². The number of carbonyl (C=O) groups is 1. The van der Waals surface area contributed by atoms with Crippen LogP contribution in [0.15, 0.2) is 18.2 Å². The van der Waals surface area contributed by atoms with Crippen LogP contribution in [-0.4, -0.2) is 43.2 Å². The number of rotatable bonds is 3. The molecule has 0 unspecified atom stereocenters. The van der Waals surface area contributed by atoms with E-state index in [1.807, 2.05) is 23.1 Å². The summed E-state index contributed by atoms with van der Waals surface area (Å²) >= 11 is 0. The molecule has 1 aromatic carbocycles. The highest BCUT2D eigenvalue weighted by atomic mass is 35.5. The average molecular weight is 327 g/mol. The van der Waals surface area contributed by atoms with Crippen LogP contribution in [0, 0.1) is 0 Å². The minimum Gasteiger partial charge on any atom is -0.490 e. The number of carbonyl (C=O) groups excluding carboxylic acids is 1. The fourth-order valence-corrected chi connectivity index (χ4v) is 2.79. The second kappa shape index (κ2) is 7.70. The lowest BCUT2D eigenvalue weighted by Gasteiger charge is -2.16. The Morgan fingerprint density at radius 1 is 1.27 bits per heavy atom. The highest BCUT2D eigenvalue weighted by Gasteiger charge is 2.23. The topological polar surface area (TPSA) is 64.8 Å². The zero-order valence-electron chi connectivity index (χ0n) is 12.6. The van der Waals surface area contributed by atoms with Crippen molar-refractivity contribution in [3.8, 4) is 11.5 Å². The van der Waals surface area contributed by atoms with Crippen LogP contribution in [0.4, 0.5) is 0 Å². The van der Waals surface area contributed by atoms with Gasteiger partial charge in [0.15, 0.2) is 11.5 Å². The number of aryl methyl sites for hydroxylation is 1. The lowest BCUT2D eigenvalue weighted by atomic mass is 10.1. The third-order valence-electron chi connectivity index (χ3n) is 4.02. The zero-order valence-corrected chi connectivity index (χ0v) is 13.4. The van der Waals surface area contributed by atoms with Gasteiger partial charge in [-0.25, -0.2) is 0 Å². The first-order valence-corrected chi connectivity index (χ1v) is 7.64. The van der Waals surface area contributed by atoms with E-state index in [1.54, 1.807) is 0 Å². The molecule has 122 valence electrons. The van der Waals surface area contributed by atoms with Crippen LogP contribution in [0.2, 0.25) is 0 Å². The SMILES string of the molecule is Cl.N[C@H]1CCN(C(=O)CCc2ccc3c(c2)OCCCO3)C1. The molecule has 1 aromatic rings. The van der Waals surface area contributed by atoms with E-state index in [2.05, 4.69) is 0 Å². The van der Waals surface area contributed by atoms with Gasteiger partial charge in [0.25, 0.3) is 0 Å². The van der Waals surface area contributed by atoms with Gasteiger partial charge in [0.1, 0.15) is 0 Å². The molecule has 0 bridgehead atoms. The molecule has 2 N–H and O–H groups in total. The van der Waals surface area contributed by atoms with E-state index in [9.17, 15) is 4.79 Å². The van der Waals surface area contributed by atoms with Crippen molar-refractivity contribution in [3.63, 3.8) is 0 Å². The molecule has 22 heavy (non-hydrogen) atoms. The van der Waals surface area contributed by atoms with Crippen molar-refractivity contribution in [2.75, 3.05) is 26.3 Å². The average Bonchev–Trinajstić information content (AvgIpc) is 2.79. The smallest absolute Gasteiger partial charge is 0.222 e. The molecule has 0 aromatic heterocycles. The first-order chi connectivity index (χ1) is 10.2. The molecule has 6 heteroatoms. The first-order valence-electron chi connectivity index (χ1n) is 7.64. The van der Waals surface area contributed by atoms with Gasteiger partial charge in [-0.2, -0.15) is 0 Å². The van der Waals surface area contributed by atoms with Crippen molar-refractivity contribution in [1.82, 2.24) is 4.90 Å². The van der Waals surface area contributed by atoms with Crippen molar-refractivity contribution < 1.29 is 14.3 Å². The van der Waals surface area contributed by atoms with Crippen molar-refractivity contribution in [3.05, 3.63) is 23.8 Å². The predicted molar refractivity (Wildman–Crippen MR) is 86.8 cm³/mol. The Balaban J connectivity index is 0.00000176. The second-order valence-corrected chi connectivity index (χ2v) is 5.72. The van der Waals surface area contributed by atoms with Crippen molar-refractivity contribution in [1.29, 1.82) is 0 Å². The van der Waals surface area contributed by atoms with Crippen molar-refractivity contribution in [2.24, 2.45) is 5.73 Å². The Kier molecular flexibility index (Phi) is 5.91. The number of fused-ring (bicyclic) bond motifs is 1. The Bertz CT molecular complexity index is 524. The van der Waals surface area contributed by atoms with Crippen molar-refractivity contribution >= 4 is 18.3 Å². The largest absolute Gasteiger partial charge is 0.490 e. The molecule has 2 aliphatic rings. The summed E-state index contributed by atoms with van der Waals surface area (Å²) in [5.74, 6) is 1.78. The maximum Gasteiger partial charge on any atom is 0.222 e. The highest BCUT2D eigenvalue weighted by molar-refractivity contribution is 5.85. The molecule has 5 nitrogen and oxygen atoms in total. The summed E-state index contributed by atoms with van der Waals surface area (Å²) in [4.78, 5) is 14.0. The third-order valence-corrected chi connectivity index (χ3v) is 4.02. The number of ether oxygens (including phenoxy) is 2. The molecule has 2 aliphatic heterocycles. The summed E-state index contributed by atoms with van der Waals surface area (Å²) in [5, 5.41) is 0. The van der Waals surface area contributed by atoms with Gasteiger partial charge in [0.2, 0.25) is 5.91 Å². The van der Waals surface area contributed by atoms with Crippen LogP contribution in [0.5, 0.6) is 11.5 Å². The second-order valence-electron chi connectivity index (χ2n) is 5.72. The molecular formula is C16H23ClN2O3. The molecule has 1 atom stereocenters. The monoisotopic (exact) mass is 326 g/mol. The zero-order chi connectivity index (χ0) is 14.7. The number of hydrogen-bond acceptors (Lipinski definition) is 4. The number of likely N-dealkylation sites (tertiary alicyclic amines) is 1. The number of nitrogens with zero attached hydrogens (tertiary/aromatic N) is 1. The third kappa shape index (κ3) is 4.05. The number of hydrogen-bond donors (Lipinski definition) is 1. The van der Waals surface area contributed by atoms with E-state index >= 15 is 0 Å².